The molecule has 0 atom stereocenters. The molecule has 0 saturated carbocycles. The van der Waals surface area contributed by atoms with Crippen molar-refractivity contribution in [3.05, 3.63) is 29.3 Å². The number of hydrogen-bond donors (Lipinski definition) is 3. The van der Waals surface area contributed by atoms with E-state index in [0.717, 1.165) is 11.1 Å². The molecule has 0 radical (unpaired) electrons. The summed E-state index contributed by atoms with van der Waals surface area (Å²) >= 11 is 0. The molecule has 1 rings (SSSR count). The Kier molecular flexibility index (Phi) is 5.34. The lowest BCUT2D eigenvalue weighted by Gasteiger charge is -2.12. The number of nitrogen functional groups attached to an aromatic ring is 1. The van der Waals surface area contributed by atoms with Crippen LogP contribution in [0.4, 0.5) is 10.5 Å². The molecule has 0 spiro atoms. The highest BCUT2D eigenvalue weighted by Gasteiger charge is 2.16. The van der Waals surface area contributed by atoms with E-state index in [1.807, 2.05) is 0 Å². The summed E-state index contributed by atoms with van der Waals surface area (Å²) in [7, 11) is -3.97. The number of carbonyl (C=O) groups excluding carboxylic acids is 1. The van der Waals surface area contributed by atoms with Gasteiger partial charge in [0.05, 0.1) is 6.10 Å². The van der Waals surface area contributed by atoms with Gasteiger partial charge in [-0.05, 0) is 38.0 Å². The fraction of sp³-hybridized carbons (Fsp3) is 0.417. The van der Waals surface area contributed by atoms with Crippen LogP contribution < -0.4 is 15.2 Å². The van der Waals surface area contributed by atoms with Crippen LogP contribution >= 0.6 is 0 Å². The monoisotopic (exact) mass is 301 g/mol. The molecule has 1 aromatic rings. The van der Waals surface area contributed by atoms with E-state index >= 15 is 0 Å². The second-order valence-corrected chi connectivity index (χ2v) is 6.01. The number of nitrogens with two attached hydrogens (primary N) is 1. The molecule has 0 unspecified atom stereocenters. The molecule has 112 valence electrons. The molecule has 4 N–H and O–H groups in total. The zero-order chi connectivity index (χ0) is 15.3. The van der Waals surface area contributed by atoms with Gasteiger partial charge in [-0.25, -0.2) is 9.52 Å². The summed E-state index contributed by atoms with van der Waals surface area (Å²) in [6.45, 7) is 5.06. The molecule has 1 amide bonds. The van der Waals surface area contributed by atoms with E-state index in [9.17, 15) is 13.2 Å². The van der Waals surface area contributed by atoms with Gasteiger partial charge in [0.25, 0.3) is 0 Å². The van der Waals surface area contributed by atoms with Gasteiger partial charge in [0.2, 0.25) is 0 Å². The summed E-state index contributed by atoms with van der Waals surface area (Å²) in [5.41, 5.74) is 7.83. The molecular formula is C12H19N3O4S. The highest BCUT2D eigenvalue weighted by atomic mass is 32.2. The lowest BCUT2D eigenvalue weighted by atomic mass is 10.1. The molecule has 0 aliphatic carbocycles. The predicted octanol–water partition coefficient (Wildman–Crippen LogP) is 1.05. The van der Waals surface area contributed by atoms with Gasteiger partial charge in [0, 0.05) is 12.2 Å². The Bertz CT molecular complexity index is 584. The summed E-state index contributed by atoms with van der Waals surface area (Å²) in [5.74, 6) is 0. The van der Waals surface area contributed by atoms with Crippen LogP contribution in [0.15, 0.2) is 18.2 Å². The standard InChI is InChI=1S/C12H19N3O4S/c1-8(2)19-12(16)15-20(17,18)14-7-10-5-4-6-11(13)9(10)3/h4-6,8,14H,7,13H2,1-3H3,(H,15,16). The minimum Gasteiger partial charge on any atom is -0.446 e. The van der Waals surface area contributed by atoms with E-state index in [-0.39, 0.29) is 6.54 Å². The number of rotatable bonds is 5. The van der Waals surface area contributed by atoms with Crippen LogP contribution in [0.25, 0.3) is 0 Å². The van der Waals surface area contributed by atoms with Crippen LogP contribution in [0.5, 0.6) is 0 Å². The minimum absolute atomic E-state index is 0.0289. The third kappa shape index (κ3) is 5.06. The lowest BCUT2D eigenvalue weighted by Crippen LogP contribution is -2.41. The molecule has 0 fully saturated rings. The Labute approximate surface area is 118 Å². The zero-order valence-electron chi connectivity index (χ0n) is 11.6. The molecule has 0 saturated heterocycles. The summed E-state index contributed by atoms with van der Waals surface area (Å²) in [6, 6.07) is 5.21. The van der Waals surface area contributed by atoms with Crippen molar-refractivity contribution in [2.45, 2.75) is 33.4 Å². The molecule has 20 heavy (non-hydrogen) atoms. The fourth-order valence-electron chi connectivity index (χ4n) is 1.45. The quantitative estimate of drug-likeness (QED) is 0.704. The molecule has 0 heterocycles. The van der Waals surface area contributed by atoms with Crippen molar-refractivity contribution < 1.29 is 17.9 Å². The first-order chi connectivity index (χ1) is 9.21. The second kappa shape index (κ2) is 6.58. The Balaban J connectivity index is 2.64. The minimum atomic E-state index is -3.97. The summed E-state index contributed by atoms with van der Waals surface area (Å²) in [6.07, 6.45) is -1.42. The Morgan fingerprint density at radius 2 is 2.05 bits per heavy atom. The van der Waals surface area contributed by atoms with Gasteiger partial charge in [0.1, 0.15) is 0 Å². The maximum atomic E-state index is 11.6. The molecule has 7 nitrogen and oxygen atoms in total. The van der Waals surface area contributed by atoms with E-state index in [2.05, 4.69) is 4.72 Å². The van der Waals surface area contributed by atoms with Crippen LogP contribution in [-0.2, 0) is 21.5 Å². The number of anilines is 1. The van der Waals surface area contributed by atoms with Crippen molar-refractivity contribution in [1.82, 2.24) is 9.44 Å². The maximum Gasteiger partial charge on any atom is 0.422 e. The van der Waals surface area contributed by atoms with Crippen LogP contribution in [-0.4, -0.2) is 20.6 Å². The zero-order valence-corrected chi connectivity index (χ0v) is 12.5. The van der Waals surface area contributed by atoms with Crippen LogP contribution in [0.1, 0.15) is 25.0 Å². The highest BCUT2D eigenvalue weighted by Crippen LogP contribution is 2.15. The number of carbonyl (C=O) groups is 1. The van der Waals surface area contributed by atoms with E-state index < -0.39 is 22.4 Å². The van der Waals surface area contributed by atoms with Crippen LogP contribution in [0, 0.1) is 6.92 Å². The molecule has 0 aromatic heterocycles. The first kappa shape index (κ1) is 16.3. The number of amides is 1. The van der Waals surface area contributed by atoms with Crippen molar-refractivity contribution in [3.63, 3.8) is 0 Å². The molecule has 8 heteroatoms. The van der Waals surface area contributed by atoms with Crippen LogP contribution in [0.2, 0.25) is 0 Å². The van der Waals surface area contributed by atoms with E-state index in [1.54, 1.807) is 43.7 Å². The third-order valence-corrected chi connectivity index (χ3v) is 3.46. The fourth-order valence-corrected chi connectivity index (χ4v) is 2.14. The smallest absolute Gasteiger partial charge is 0.422 e. The highest BCUT2D eigenvalue weighted by molar-refractivity contribution is 7.88. The number of hydrogen-bond acceptors (Lipinski definition) is 5. The average Bonchev–Trinajstić information content (AvgIpc) is 2.29. The van der Waals surface area contributed by atoms with Crippen LogP contribution in [0.3, 0.4) is 0 Å². The molecule has 0 aliphatic rings. The molecule has 0 bridgehead atoms. The number of nitrogens with one attached hydrogen (secondary N) is 2. The third-order valence-electron chi connectivity index (χ3n) is 2.50. The lowest BCUT2D eigenvalue weighted by molar-refractivity contribution is 0.121. The van der Waals surface area contributed by atoms with Gasteiger partial charge in [0.15, 0.2) is 0 Å². The largest absolute Gasteiger partial charge is 0.446 e. The second-order valence-electron chi connectivity index (χ2n) is 4.51. The van der Waals surface area contributed by atoms with Gasteiger partial charge in [-0.15, -0.1) is 0 Å². The summed E-state index contributed by atoms with van der Waals surface area (Å²) < 4.78 is 32.0. The van der Waals surface area contributed by atoms with E-state index in [1.165, 1.54) is 0 Å². The normalized spacial score (nSPS) is 11.4. The van der Waals surface area contributed by atoms with E-state index in [0.29, 0.717) is 5.69 Å². The maximum absolute atomic E-state index is 11.6. The van der Waals surface area contributed by atoms with Crippen molar-refractivity contribution in [2.75, 3.05) is 5.73 Å². The van der Waals surface area contributed by atoms with Crippen molar-refractivity contribution in [1.29, 1.82) is 0 Å². The summed E-state index contributed by atoms with van der Waals surface area (Å²) in [5, 5.41) is 0. The van der Waals surface area contributed by atoms with Gasteiger partial charge in [-0.2, -0.15) is 13.1 Å². The van der Waals surface area contributed by atoms with E-state index in [4.69, 9.17) is 10.5 Å². The van der Waals surface area contributed by atoms with Crippen molar-refractivity contribution in [2.24, 2.45) is 0 Å². The van der Waals surface area contributed by atoms with Gasteiger partial charge in [-0.3, -0.25) is 0 Å². The Hall–Kier alpha value is -1.80. The van der Waals surface area contributed by atoms with Gasteiger partial charge in [-0.1, -0.05) is 12.1 Å². The number of ether oxygens (including phenoxy) is 1. The Morgan fingerprint density at radius 3 is 2.65 bits per heavy atom. The first-order valence-corrected chi connectivity index (χ1v) is 7.51. The van der Waals surface area contributed by atoms with Gasteiger partial charge >= 0.3 is 16.3 Å². The topological polar surface area (TPSA) is 111 Å². The first-order valence-electron chi connectivity index (χ1n) is 6.03. The molecule has 0 aliphatic heterocycles. The predicted molar refractivity (Wildman–Crippen MR) is 76.1 cm³/mol. The molecule has 1 aromatic carbocycles. The number of benzene rings is 1. The van der Waals surface area contributed by atoms with Crippen molar-refractivity contribution in [3.8, 4) is 0 Å². The average molecular weight is 301 g/mol. The van der Waals surface area contributed by atoms with Crippen molar-refractivity contribution >= 4 is 22.0 Å². The summed E-state index contributed by atoms with van der Waals surface area (Å²) in [4.78, 5) is 11.2. The Morgan fingerprint density at radius 1 is 1.40 bits per heavy atom. The molecular weight excluding hydrogens is 282 g/mol. The van der Waals surface area contributed by atoms with Gasteiger partial charge < -0.3 is 10.5 Å². The SMILES string of the molecule is Cc1c(N)cccc1CNS(=O)(=O)NC(=O)OC(C)C.